The number of hydrogen-bond donors (Lipinski definition) is 1. The maximum Gasteiger partial charge on any atom is 0.179 e. The van der Waals surface area contributed by atoms with Gasteiger partial charge in [0.1, 0.15) is 0 Å². The molecule has 0 amide bonds. The molecule has 136 valence electrons. The van der Waals surface area contributed by atoms with E-state index in [1.165, 1.54) is 0 Å². The summed E-state index contributed by atoms with van der Waals surface area (Å²) in [5.74, 6) is -0.00870. The van der Waals surface area contributed by atoms with Gasteiger partial charge in [0.25, 0.3) is 0 Å². The largest absolute Gasteiger partial charge is 0.321 e. The Morgan fingerprint density at radius 1 is 0.778 bits per heavy atom. The van der Waals surface area contributed by atoms with Crippen molar-refractivity contribution in [2.75, 3.05) is 0 Å². The number of Topliss-reactive ketones (excluding diaryl/α,β-unsaturated/α-hetero) is 1. The number of benzene rings is 2. The number of aryl methyl sites for hydroxylation is 2. The molecule has 0 aliphatic heterocycles. The smallest absolute Gasteiger partial charge is 0.179 e. The highest BCUT2D eigenvalue weighted by Crippen LogP contribution is 2.22. The first kappa shape index (κ1) is 18.7. The van der Waals surface area contributed by atoms with E-state index in [9.17, 15) is 4.79 Å². The summed E-state index contributed by atoms with van der Waals surface area (Å²) in [6.07, 6.45) is 0. The summed E-state index contributed by atoms with van der Waals surface area (Å²) in [5, 5.41) is 2.30. The summed E-state index contributed by atoms with van der Waals surface area (Å²) in [7, 11) is 0. The molecule has 2 N–H and O–H groups in total. The van der Waals surface area contributed by atoms with E-state index < -0.39 is 6.04 Å². The lowest BCUT2D eigenvalue weighted by molar-refractivity contribution is 0.0968. The Morgan fingerprint density at radius 2 is 1.22 bits per heavy atom. The molecular formula is C23H23N3O. The fraction of sp³-hybridized carbons (Fsp3) is 0.174. The third-order valence-corrected chi connectivity index (χ3v) is 4.27. The maximum atomic E-state index is 11.2. The van der Waals surface area contributed by atoms with Gasteiger partial charge in [-0.2, -0.15) is 0 Å². The summed E-state index contributed by atoms with van der Waals surface area (Å²) in [5.41, 5.74) is 10.2. The van der Waals surface area contributed by atoms with Gasteiger partial charge < -0.3 is 5.73 Å². The molecule has 0 saturated carbocycles. The van der Waals surface area contributed by atoms with Crippen LogP contribution in [-0.2, 0) is 0 Å². The normalized spacial score (nSPS) is 11.7. The number of ketones is 1. The predicted molar refractivity (Wildman–Crippen MR) is 111 cm³/mol. The van der Waals surface area contributed by atoms with Gasteiger partial charge in [-0.3, -0.25) is 14.8 Å². The van der Waals surface area contributed by atoms with Crippen LogP contribution >= 0.6 is 0 Å². The number of nitrogens with zero attached hydrogens (tertiary/aromatic N) is 2. The SMILES string of the molecule is C[C@H](N)C(=O)c1ccccc1.Cc1ccc2ccc3ccc(C)nc3c2n1. The van der Waals surface area contributed by atoms with Gasteiger partial charge in [0.05, 0.1) is 17.1 Å². The lowest BCUT2D eigenvalue weighted by atomic mass is 10.1. The van der Waals surface area contributed by atoms with Gasteiger partial charge in [0.2, 0.25) is 0 Å². The van der Waals surface area contributed by atoms with Crippen LogP contribution in [0, 0.1) is 13.8 Å². The number of carbonyl (C=O) groups is 1. The Labute approximate surface area is 159 Å². The Hall–Kier alpha value is -3.11. The van der Waals surface area contributed by atoms with Crippen LogP contribution in [0.5, 0.6) is 0 Å². The van der Waals surface area contributed by atoms with Crippen molar-refractivity contribution >= 4 is 27.6 Å². The number of aromatic nitrogens is 2. The van der Waals surface area contributed by atoms with Crippen molar-refractivity contribution in [1.29, 1.82) is 0 Å². The second kappa shape index (κ2) is 8.06. The highest BCUT2D eigenvalue weighted by molar-refractivity contribution is 6.02. The van der Waals surface area contributed by atoms with Crippen molar-refractivity contribution < 1.29 is 4.79 Å². The molecule has 2 heterocycles. The van der Waals surface area contributed by atoms with Crippen LogP contribution in [0.15, 0.2) is 66.7 Å². The molecule has 27 heavy (non-hydrogen) atoms. The van der Waals surface area contributed by atoms with Gasteiger partial charge in [0, 0.05) is 27.7 Å². The monoisotopic (exact) mass is 357 g/mol. The molecule has 1 atom stereocenters. The Balaban J connectivity index is 0.000000168. The van der Waals surface area contributed by atoms with Crippen LogP contribution in [0.4, 0.5) is 0 Å². The van der Waals surface area contributed by atoms with Gasteiger partial charge in [-0.15, -0.1) is 0 Å². The molecule has 2 aromatic carbocycles. The van der Waals surface area contributed by atoms with Crippen LogP contribution in [0.3, 0.4) is 0 Å². The summed E-state index contributed by atoms with van der Waals surface area (Å²) in [6.45, 7) is 5.71. The van der Waals surface area contributed by atoms with Gasteiger partial charge in [-0.05, 0) is 32.9 Å². The average molecular weight is 357 g/mol. The molecule has 0 aliphatic carbocycles. The molecule has 4 rings (SSSR count). The van der Waals surface area contributed by atoms with Gasteiger partial charge in [0.15, 0.2) is 5.78 Å². The van der Waals surface area contributed by atoms with Crippen molar-refractivity contribution in [2.45, 2.75) is 26.8 Å². The first-order chi connectivity index (χ1) is 13.0. The van der Waals surface area contributed by atoms with E-state index in [1.807, 2.05) is 44.2 Å². The molecular weight excluding hydrogens is 334 g/mol. The number of rotatable bonds is 2. The summed E-state index contributed by atoms with van der Waals surface area (Å²) in [4.78, 5) is 20.4. The number of nitrogens with two attached hydrogens (primary N) is 1. The zero-order valence-corrected chi connectivity index (χ0v) is 15.8. The molecule has 2 aromatic heterocycles. The highest BCUT2D eigenvalue weighted by Gasteiger charge is 2.08. The standard InChI is InChI=1S/C14H12N2.C9H11NO/c1-9-3-5-11-7-8-12-6-4-10(2)16-14(12)13(11)15-9;1-7(10)9(11)8-5-3-2-4-6-8/h3-8H,1-2H3;2-7H,10H2,1H3/t;7-/m.0/s1. The lowest BCUT2D eigenvalue weighted by Gasteiger charge is -2.04. The summed E-state index contributed by atoms with van der Waals surface area (Å²) in [6, 6.07) is 21.1. The van der Waals surface area contributed by atoms with Crippen molar-refractivity contribution in [3.05, 3.63) is 83.7 Å². The molecule has 0 bridgehead atoms. The second-order valence-electron chi connectivity index (χ2n) is 6.63. The third-order valence-electron chi connectivity index (χ3n) is 4.27. The Morgan fingerprint density at radius 3 is 1.67 bits per heavy atom. The van der Waals surface area contributed by atoms with Gasteiger partial charge in [-0.1, -0.05) is 54.6 Å². The van der Waals surface area contributed by atoms with Crippen LogP contribution < -0.4 is 5.73 Å². The average Bonchev–Trinajstić information content (AvgIpc) is 2.68. The predicted octanol–water partition coefficient (Wildman–Crippen LogP) is 4.62. The number of carbonyl (C=O) groups excluding carboxylic acids is 1. The van der Waals surface area contributed by atoms with E-state index in [-0.39, 0.29) is 5.78 Å². The fourth-order valence-electron chi connectivity index (χ4n) is 2.83. The van der Waals surface area contributed by atoms with Gasteiger partial charge in [-0.25, -0.2) is 0 Å². The third kappa shape index (κ3) is 4.36. The van der Waals surface area contributed by atoms with Crippen molar-refractivity contribution in [3.8, 4) is 0 Å². The number of pyridine rings is 2. The number of hydrogen-bond acceptors (Lipinski definition) is 4. The van der Waals surface area contributed by atoms with E-state index in [4.69, 9.17) is 5.73 Å². The van der Waals surface area contributed by atoms with E-state index in [1.54, 1.807) is 19.1 Å². The lowest BCUT2D eigenvalue weighted by Crippen LogP contribution is -2.26. The van der Waals surface area contributed by atoms with Gasteiger partial charge >= 0.3 is 0 Å². The minimum atomic E-state index is -0.405. The van der Waals surface area contributed by atoms with Crippen LogP contribution in [0.25, 0.3) is 21.8 Å². The molecule has 0 aliphatic rings. The highest BCUT2D eigenvalue weighted by atomic mass is 16.1. The molecule has 0 saturated heterocycles. The van der Waals surface area contributed by atoms with Crippen molar-refractivity contribution in [3.63, 3.8) is 0 Å². The molecule has 0 unspecified atom stereocenters. The van der Waals surface area contributed by atoms with Crippen molar-refractivity contribution in [1.82, 2.24) is 9.97 Å². The van der Waals surface area contributed by atoms with Crippen molar-refractivity contribution in [2.24, 2.45) is 5.73 Å². The Bertz CT molecular complexity index is 1030. The Kier molecular flexibility index (Phi) is 5.57. The minimum Gasteiger partial charge on any atom is -0.321 e. The maximum absolute atomic E-state index is 11.2. The summed E-state index contributed by atoms with van der Waals surface area (Å²) >= 11 is 0. The zero-order valence-electron chi connectivity index (χ0n) is 15.8. The van der Waals surface area contributed by atoms with E-state index in [0.717, 1.165) is 33.2 Å². The minimum absolute atomic E-state index is 0.00870. The van der Waals surface area contributed by atoms with Crippen LogP contribution in [0.2, 0.25) is 0 Å². The molecule has 0 spiro atoms. The van der Waals surface area contributed by atoms with E-state index >= 15 is 0 Å². The molecule has 0 fully saturated rings. The zero-order chi connectivity index (χ0) is 19.4. The molecule has 0 radical (unpaired) electrons. The summed E-state index contributed by atoms with van der Waals surface area (Å²) < 4.78 is 0. The van der Waals surface area contributed by atoms with Crippen LogP contribution in [-0.4, -0.2) is 21.8 Å². The molecule has 4 heteroatoms. The quantitative estimate of drug-likeness (QED) is 0.420. The fourth-order valence-corrected chi connectivity index (χ4v) is 2.83. The van der Waals surface area contributed by atoms with E-state index in [2.05, 4.69) is 34.2 Å². The number of fused-ring (bicyclic) bond motifs is 3. The molecule has 4 aromatic rings. The molecule has 4 nitrogen and oxygen atoms in total. The first-order valence-electron chi connectivity index (χ1n) is 8.94. The second-order valence-corrected chi connectivity index (χ2v) is 6.63. The van der Waals surface area contributed by atoms with Crippen LogP contribution in [0.1, 0.15) is 28.7 Å². The topological polar surface area (TPSA) is 68.9 Å². The first-order valence-corrected chi connectivity index (χ1v) is 8.94. The van der Waals surface area contributed by atoms with E-state index in [0.29, 0.717) is 5.56 Å².